The summed E-state index contributed by atoms with van der Waals surface area (Å²) >= 11 is 3.53. The molecule has 0 saturated heterocycles. The number of ether oxygens (including phenoxy) is 1. The third-order valence-electron chi connectivity index (χ3n) is 3.02. The second kappa shape index (κ2) is 4.63. The van der Waals surface area contributed by atoms with Crippen LogP contribution in [0.5, 0.6) is 0 Å². The first-order valence-electron chi connectivity index (χ1n) is 5.19. The maximum atomic E-state index is 5.99. The van der Waals surface area contributed by atoms with Gasteiger partial charge in [0, 0.05) is 19.1 Å². The van der Waals surface area contributed by atoms with Gasteiger partial charge in [-0.3, -0.25) is 4.68 Å². The van der Waals surface area contributed by atoms with Crippen LogP contribution in [0.1, 0.15) is 24.5 Å². The highest BCUT2D eigenvalue weighted by molar-refractivity contribution is 9.10. The van der Waals surface area contributed by atoms with Crippen molar-refractivity contribution in [3.8, 4) is 0 Å². The lowest BCUT2D eigenvalue weighted by Crippen LogP contribution is -2.38. The van der Waals surface area contributed by atoms with Crippen LogP contribution in [0.15, 0.2) is 10.7 Å². The predicted octanol–water partition coefficient (Wildman–Crippen LogP) is 1.50. The van der Waals surface area contributed by atoms with Crippen LogP contribution in [0.25, 0.3) is 0 Å². The molecular weight excluding hydrogens is 258 g/mol. The molecule has 1 aliphatic rings. The van der Waals surface area contributed by atoms with Crippen molar-refractivity contribution in [3.05, 3.63) is 16.4 Å². The third-order valence-corrected chi connectivity index (χ3v) is 3.63. The zero-order chi connectivity index (χ0) is 10.8. The van der Waals surface area contributed by atoms with E-state index in [4.69, 9.17) is 10.5 Å². The van der Waals surface area contributed by atoms with E-state index in [0.29, 0.717) is 18.6 Å². The molecule has 0 aromatic carbocycles. The topological polar surface area (TPSA) is 53.1 Å². The van der Waals surface area contributed by atoms with Crippen LogP contribution in [-0.2, 0) is 11.3 Å². The quantitative estimate of drug-likeness (QED) is 0.905. The Balaban J connectivity index is 2.16. The first-order valence-corrected chi connectivity index (χ1v) is 5.99. The Labute approximate surface area is 97.9 Å². The van der Waals surface area contributed by atoms with E-state index in [9.17, 15) is 0 Å². The van der Waals surface area contributed by atoms with Crippen molar-refractivity contribution >= 4 is 15.9 Å². The zero-order valence-electron chi connectivity index (χ0n) is 8.82. The summed E-state index contributed by atoms with van der Waals surface area (Å²) in [6.07, 6.45) is 4.13. The maximum Gasteiger partial charge on any atom is 0.0658 e. The fourth-order valence-corrected chi connectivity index (χ4v) is 2.55. The molecule has 1 aromatic heterocycles. The van der Waals surface area contributed by atoms with Gasteiger partial charge < -0.3 is 10.5 Å². The largest absolute Gasteiger partial charge is 0.383 e. The van der Waals surface area contributed by atoms with Gasteiger partial charge in [-0.2, -0.15) is 5.10 Å². The highest BCUT2D eigenvalue weighted by atomic mass is 79.9. The first kappa shape index (κ1) is 11.1. The van der Waals surface area contributed by atoms with E-state index in [1.54, 1.807) is 7.11 Å². The lowest BCUT2D eigenvalue weighted by atomic mass is 9.78. The monoisotopic (exact) mass is 273 g/mol. The van der Waals surface area contributed by atoms with Crippen molar-refractivity contribution in [2.24, 2.45) is 5.73 Å². The number of aromatic nitrogens is 2. The Morgan fingerprint density at radius 2 is 2.47 bits per heavy atom. The van der Waals surface area contributed by atoms with E-state index in [0.717, 1.165) is 17.4 Å². The Kier molecular flexibility index (Phi) is 3.43. The molecule has 1 aliphatic carbocycles. The number of nitrogens with two attached hydrogens (primary N) is 1. The average molecular weight is 274 g/mol. The Hall–Kier alpha value is -0.390. The van der Waals surface area contributed by atoms with Crippen LogP contribution in [0.2, 0.25) is 0 Å². The van der Waals surface area contributed by atoms with Crippen molar-refractivity contribution < 1.29 is 4.74 Å². The first-order chi connectivity index (χ1) is 7.24. The number of nitrogens with zero attached hydrogens (tertiary/aromatic N) is 2. The summed E-state index contributed by atoms with van der Waals surface area (Å²) in [5.41, 5.74) is 7.21. The fourth-order valence-electron chi connectivity index (χ4n) is 1.96. The summed E-state index contributed by atoms with van der Waals surface area (Å²) < 4.78 is 8.13. The molecule has 4 nitrogen and oxygen atoms in total. The van der Waals surface area contributed by atoms with Crippen molar-refractivity contribution in [2.45, 2.75) is 31.3 Å². The second-order valence-electron chi connectivity index (χ2n) is 3.94. The summed E-state index contributed by atoms with van der Waals surface area (Å²) in [7, 11) is 1.70. The summed E-state index contributed by atoms with van der Waals surface area (Å²) in [6.45, 7) is 1.48. The molecule has 15 heavy (non-hydrogen) atoms. The highest BCUT2D eigenvalue weighted by Gasteiger charge is 2.33. The van der Waals surface area contributed by atoms with Gasteiger partial charge in [0.25, 0.3) is 0 Å². The zero-order valence-corrected chi connectivity index (χ0v) is 10.4. The molecule has 0 amide bonds. The van der Waals surface area contributed by atoms with E-state index < -0.39 is 0 Å². The molecule has 5 heteroatoms. The second-order valence-corrected chi connectivity index (χ2v) is 4.80. The molecule has 0 radical (unpaired) electrons. The summed E-state index contributed by atoms with van der Waals surface area (Å²) in [5.74, 6) is 0.457. The van der Waals surface area contributed by atoms with Gasteiger partial charge in [-0.1, -0.05) is 0 Å². The van der Waals surface area contributed by atoms with Gasteiger partial charge in [0.1, 0.15) is 0 Å². The smallest absolute Gasteiger partial charge is 0.0658 e. The van der Waals surface area contributed by atoms with Crippen molar-refractivity contribution in [1.82, 2.24) is 9.78 Å². The van der Waals surface area contributed by atoms with Crippen LogP contribution >= 0.6 is 15.9 Å². The molecule has 0 spiro atoms. The van der Waals surface area contributed by atoms with Crippen LogP contribution in [0, 0.1) is 0 Å². The molecule has 2 rings (SSSR count). The standard InChI is InChI=1S/C10H16BrN3O/c1-15-5-4-14-10(8(11)6-13-14)7-2-3-9(7)12/h6-7,9H,2-5,12H2,1H3. The van der Waals surface area contributed by atoms with E-state index in [1.165, 1.54) is 12.1 Å². The van der Waals surface area contributed by atoms with Crippen LogP contribution in [0.3, 0.4) is 0 Å². The van der Waals surface area contributed by atoms with Crippen LogP contribution in [0.4, 0.5) is 0 Å². The van der Waals surface area contributed by atoms with Crippen molar-refractivity contribution in [1.29, 1.82) is 0 Å². The van der Waals surface area contributed by atoms with Gasteiger partial charge in [0.05, 0.1) is 29.5 Å². The molecule has 1 aromatic rings. The lowest BCUT2D eigenvalue weighted by molar-refractivity contribution is 0.180. The molecule has 84 valence electrons. The van der Waals surface area contributed by atoms with Gasteiger partial charge in [0.2, 0.25) is 0 Å². The highest BCUT2D eigenvalue weighted by Crippen LogP contribution is 2.38. The van der Waals surface area contributed by atoms with E-state index >= 15 is 0 Å². The summed E-state index contributed by atoms with van der Waals surface area (Å²) in [5, 5.41) is 4.32. The minimum atomic E-state index is 0.291. The maximum absolute atomic E-state index is 5.99. The molecule has 2 atom stereocenters. The normalized spacial score (nSPS) is 25.3. The Bertz CT molecular complexity index is 339. The summed E-state index contributed by atoms with van der Waals surface area (Å²) in [4.78, 5) is 0. The van der Waals surface area contributed by atoms with E-state index in [1.807, 2.05) is 10.9 Å². The minimum absolute atomic E-state index is 0.291. The summed E-state index contributed by atoms with van der Waals surface area (Å²) in [6, 6.07) is 0.291. The van der Waals surface area contributed by atoms with Crippen LogP contribution < -0.4 is 5.73 Å². The van der Waals surface area contributed by atoms with Gasteiger partial charge >= 0.3 is 0 Å². The van der Waals surface area contributed by atoms with E-state index in [-0.39, 0.29) is 0 Å². The number of rotatable bonds is 4. The predicted molar refractivity (Wildman–Crippen MR) is 61.8 cm³/mol. The number of hydrogen-bond acceptors (Lipinski definition) is 3. The van der Waals surface area contributed by atoms with E-state index in [2.05, 4.69) is 21.0 Å². The van der Waals surface area contributed by atoms with Gasteiger partial charge in [-0.25, -0.2) is 0 Å². The lowest BCUT2D eigenvalue weighted by Gasteiger charge is -2.34. The molecule has 1 heterocycles. The van der Waals surface area contributed by atoms with Gasteiger partial charge in [0.15, 0.2) is 0 Å². The Morgan fingerprint density at radius 3 is 3.00 bits per heavy atom. The molecule has 2 N–H and O–H groups in total. The molecule has 0 aliphatic heterocycles. The molecular formula is C10H16BrN3O. The van der Waals surface area contributed by atoms with Gasteiger partial charge in [-0.15, -0.1) is 0 Å². The molecule has 0 bridgehead atoms. The van der Waals surface area contributed by atoms with Gasteiger partial charge in [-0.05, 0) is 28.8 Å². The average Bonchev–Trinajstić information content (AvgIpc) is 2.56. The Morgan fingerprint density at radius 1 is 1.67 bits per heavy atom. The third kappa shape index (κ3) is 2.09. The molecule has 1 fully saturated rings. The molecule has 1 saturated carbocycles. The number of hydrogen-bond donors (Lipinski definition) is 1. The number of halogens is 1. The molecule has 2 unspecified atom stereocenters. The van der Waals surface area contributed by atoms with Crippen molar-refractivity contribution in [2.75, 3.05) is 13.7 Å². The van der Waals surface area contributed by atoms with Crippen LogP contribution in [-0.4, -0.2) is 29.5 Å². The SMILES string of the molecule is COCCn1ncc(Br)c1C1CCC1N. The minimum Gasteiger partial charge on any atom is -0.383 e. The van der Waals surface area contributed by atoms with Crippen molar-refractivity contribution in [3.63, 3.8) is 0 Å². The number of methoxy groups -OCH3 is 1. The fraction of sp³-hybridized carbons (Fsp3) is 0.700.